The van der Waals surface area contributed by atoms with Crippen molar-refractivity contribution in [1.29, 1.82) is 0 Å². The molecule has 0 unspecified atom stereocenters. The van der Waals surface area contributed by atoms with E-state index >= 15 is 0 Å². The van der Waals surface area contributed by atoms with Gasteiger partial charge in [-0.15, -0.1) is 0 Å². The van der Waals surface area contributed by atoms with Crippen molar-refractivity contribution >= 4 is 24.1 Å². The van der Waals surface area contributed by atoms with Gasteiger partial charge in [-0.1, -0.05) is 36.9 Å². The summed E-state index contributed by atoms with van der Waals surface area (Å²) in [6.07, 6.45) is 3.16. The van der Waals surface area contributed by atoms with Gasteiger partial charge in [0.25, 0.3) is 5.79 Å². The minimum absolute atomic E-state index is 0.106. The highest BCUT2D eigenvalue weighted by Crippen LogP contribution is 2.24. The summed E-state index contributed by atoms with van der Waals surface area (Å²) in [5, 5.41) is 0. The van der Waals surface area contributed by atoms with E-state index in [-0.39, 0.29) is 5.57 Å². The van der Waals surface area contributed by atoms with E-state index in [0.717, 1.165) is 5.56 Å². The van der Waals surface area contributed by atoms with Crippen molar-refractivity contribution in [3.63, 3.8) is 0 Å². The average Bonchev–Trinajstić information content (AvgIpc) is 2.33. The molecule has 1 aromatic carbocycles. The summed E-state index contributed by atoms with van der Waals surface area (Å²) in [6.45, 7) is 6.68. The molecule has 1 aromatic rings. The van der Waals surface area contributed by atoms with Gasteiger partial charge in [0.1, 0.15) is 5.57 Å². The van der Waals surface area contributed by atoms with Gasteiger partial charge < -0.3 is 9.47 Å². The summed E-state index contributed by atoms with van der Waals surface area (Å²) in [4.78, 5) is 23.5. The maximum atomic E-state index is 11.7. The monoisotopic (exact) mass is 258 g/mol. The molecule has 19 heavy (non-hydrogen) atoms. The van der Waals surface area contributed by atoms with Crippen LogP contribution in [0.1, 0.15) is 25.0 Å². The highest BCUT2D eigenvalue weighted by Gasteiger charge is 2.38. The molecule has 0 N–H and O–H groups in total. The lowest BCUT2D eigenvalue weighted by molar-refractivity contribution is -0.222. The summed E-state index contributed by atoms with van der Waals surface area (Å²) in [5.41, 5.74) is 1.57. The lowest BCUT2D eigenvalue weighted by Crippen LogP contribution is -2.41. The largest absolute Gasteiger partial charge is 0.419 e. The second-order valence-electron chi connectivity index (χ2n) is 4.61. The Kier molecular flexibility index (Phi) is 3.25. The van der Waals surface area contributed by atoms with Gasteiger partial charge >= 0.3 is 11.9 Å². The predicted molar refractivity (Wildman–Crippen MR) is 70.8 cm³/mol. The summed E-state index contributed by atoms with van der Waals surface area (Å²) >= 11 is 0. The van der Waals surface area contributed by atoms with E-state index in [1.807, 2.05) is 12.1 Å². The summed E-state index contributed by atoms with van der Waals surface area (Å²) in [6, 6.07) is 7.24. The third-order valence-corrected chi connectivity index (χ3v) is 2.60. The van der Waals surface area contributed by atoms with Gasteiger partial charge in [-0.05, 0) is 17.2 Å². The Morgan fingerprint density at radius 3 is 1.95 bits per heavy atom. The van der Waals surface area contributed by atoms with E-state index in [0.29, 0.717) is 5.56 Å². The molecule has 1 aliphatic heterocycles. The predicted octanol–water partition coefficient (Wildman–Crippen LogP) is 2.55. The number of hydrogen-bond acceptors (Lipinski definition) is 4. The first-order valence-electron chi connectivity index (χ1n) is 5.82. The lowest BCUT2D eigenvalue weighted by atomic mass is 10.1. The van der Waals surface area contributed by atoms with E-state index < -0.39 is 17.7 Å². The third kappa shape index (κ3) is 2.91. The third-order valence-electron chi connectivity index (χ3n) is 2.60. The van der Waals surface area contributed by atoms with Crippen molar-refractivity contribution in [1.82, 2.24) is 0 Å². The van der Waals surface area contributed by atoms with Crippen LogP contribution in [0, 0.1) is 0 Å². The van der Waals surface area contributed by atoms with Crippen molar-refractivity contribution in [2.75, 3.05) is 0 Å². The topological polar surface area (TPSA) is 52.6 Å². The number of cyclic esters (lactones) is 2. The fourth-order valence-electron chi connectivity index (χ4n) is 1.67. The Hall–Kier alpha value is -2.36. The number of benzene rings is 1. The van der Waals surface area contributed by atoms with Crippen molar-refractivity contribution in [2.45, 2.75) is 19.6 Å². The fourth-order valence-corrected chi connectivity index (χ4v) is 1.67. The maximum Gasteiger partial charge on any atom is 0.348 e. The molecule has 0 aromatic heterocycles. The maximum absolute atomic E-state index is 11.7. The number of hydrogen-bond donors (Lipinski definition) is 0. The minimum Gasteiger partial charge on any atom is -0.419 e. The minimum atomic E-state index is -1.21. The summed E-state index contributed by atoms with van der Waals surface area (Å²) in [5.74, 6) is -2.55. The van der Waals surface area contributed by atoms with E-state index in [1.54, 1.807) is 18.2 Å². The van der Waals surface area contributed by atoms with Crippen LogP contribution >= 0.6 is 0 Å². The molecule has 0 spiro atoms. The molecule has 98 valence electrons. The molecule has 0 amide bonds. The van der Waals surface area contributed by atoms with Gasteiger partial charge in [0.05, 0.1) is 0 Å². The van der Waals surface area contributed by atoms with E-state index in [4.69, 9.17) is 9.47 Å². The van der Waals surface area contributed by atoms with Crippen LogP contribution in [-0.4, -0.2) is 17.7 Å². The zero-order valence-electron chi connectivity index (χ0n) is 10.8. The standard InChI is InChI=1S/C15H14O4/c1-4-10-5-7-11(8-6-10)9-12-13(16)18-15(2,3)19-14(12)17/h4-9H,1H2,2-3H3. The molecule has 4 heteroatoms. The Morgan fingerprint density at radius 1 is 1.00 bits per heavy atom. The van der Waals surface area contributed by atoms with E-state index in [9.17, 15) is 9.59 Å². The first kappa shape index (κ1) is 13.1. The molecule has 1 fully saturated rings. The van der Waals surface area contributed by atoms with Crippen LogP contribution in [0.5, 0.6) is 0 Å². The molecule has 0 bridgehead atoms. The first-order valence-corrected chi connectivity index (χ1v) is 5.82. The number of esters is 2. The number of carbonyl (C=O) groups excluding carboxylic acids is 2. The van der Waals surface area contributed by atoms with Crippen LogP contribution in [0.2, 0.25) is 0 Å². The lowest BCUT2D eigenvalue weighted by Gasteiger charge is -2.29. The molecular weight excluding hydrogens is 244 g/mol. The Bertz CT molecular complexity index is 542. The van der Waals surface area contributed by atoms with Gasteiger partial charge in [-0.25, -0.2) is 9.59 Å². The SMILES string of the molecule is C=Cc1ccc(C=C2C(=O)OC(C)(C)OC2=O)cc1. The molecular formula is C15H14O4. The first-order chi connectivity index (χ1) is 8.91. The van der Waals surface area contributed by atoms with Crippen LogP contribution in [0.3, 0.4) is 0 Å². The molecule has 0 radical (unpaired) electrons. The second-order valence-corrected chi connectivity index (χ2v) is 4.61. The molecule has 1 aliphatic rings. The highest BCUT2D eigenvalue weighted by atomic mass is 16.7. The van der Waals surface area contributed by atoms with Gasteiger partial charge in [0.2, 0.25) is 0 Å². The van der Waals surface area contributed by atoms with Gasteiger partial charge in [-0.2, -0.15) is 0 Å². The van der Waals surface area contributed by atoms with E-state index in [2.05, 4.69) is 6.58 Å². The molecule has 2 rings (SSSR count). The van der Waals surface area contributed by atoms with Crippen LogP contribution in [-0.2, 0) is 19.1 Å². The molecule has 1 saturated heterocycles. The molecule has 4 nitrogen and oxygen atoms in total. The van der Waals surface area contributed by atoms with Crippen molar-refractivity contribution in [3.8, 4) is 0 Å². The zero-order valence-corrected chi connectivity index (χ0v) is 10.8. The Labute approximate surface area is 111 Å². The van der Waals surface area contributed by atoms with Crippen molar-refractivity contribution in [2.24, 2.45) is 0 Å². The normalized spacial score (nSPS) is 17.5. The van der Waals surface area contributed by atoms with Gasteiger partial charge in [0.15, 0.2) is 0 Å². The number of carbonyl (C=O) groups is 2. The highest BCUT2D eigenvalue weighted by molar-refractivity contribution is 6.18. The summed E-state index contributed by atoms with van der Waals surface area (Å²) in [7, 11) is 0. The molecule has 1 heterocycles. The quantitative estimate of drug-likeness (QED) is 0.464. The van der Waals surface area contributed by atoms with Crippen LogP contribution in [0.4, 0.5) is 0 Å². The second kappa shape index (κ2) is 4.72. The molecule has 0 atom stereocenters. The van der Waals surface area contributed by atoms with Gasteiger partial charge in [-0.3, -0.25) is 0 Å². The van der Waals surface area contributed by atoms with Crippen LogP contribution < -0.4 is 0 Å². The smallest absolute Gasteiger partial charge is 0.348 e. The van der Waals surface area contributed by atoms with Crippen LogP contribution in [0.15, 0.2) is 36.4 Å². The van der Waals surface area contributed by atoms with Crippen molar-refractivity contribution in [3.05, 3.63) is 47.5 Å². The fraction of sp³-hybridized carbons (Fsp3) is 0.200. The number of ether oxygens (including phenoxy) is 2. The Balaban J connectivity index is 2.29. The van der Waals surface area contributed by atoms with Crippen LogP contribution in [0.25, 0.3) is 12.2 Å². The molecule has 0 aliphatic carbocycles. The van der Waals surface area contributed by atoms with Crippen molar-refractivity contribution < 1.29 is 19.1 Å². The zero-order chi connectivity index (χ0) is 14.0. The summed E-state index contributed by atoms with van der Waals surface area (Å²) < 4.78 is 10.0. The molecule has 0 saturated carbocycles. The van der Waals surface area contributed by atoms with Gasteiger partial charge in [0, 0.05) is 13.8 Å². The Morgan fingerprint density at radius 2 is 1.47 bits per heavy atom. The average molecular weight is 258 g/mol. The van der Waals surface area contributed by atoms with E-state index in [1.165, 1.54) is 19.9 Å². The number of rotatable bonds is 2.